The molecule has 0 amide bonds. The van der Waals surface area contributed by atoms with Crippen LogP contribution in [0.25, 0.3) is 0 Å². The number of rotatable bonds is 3. The van der Waals surface area contributed by atoms with E-state index in [4.69, 9.17) is 0 Å². The Morgan fingerprint density at radius 3 is 0.769 bits per heavy atom. The molecule has 0 unspecified atom stereocenters. The van der Waals surface area contributed by atoms with E-state index in [2.05, 4.69) is 91.0 Å². The molecule has 7 heteroatoms. The van der Waals surface area contributed by atoms with Crippen molar-refractivity contribution in [2.45, 2.75) is 3.36 Å². The number of hydrogen-bond donors (Lipinski definition) is 0. The van der Waals surface area contributed by atoms with E-state index in [-0.39, 0.29) is 77.8 Å². The molecule has 0 aliphatic carbocycles. The van der Waals surface area contributed by atoms with Gasteiger partial charge in [0.2, 0.25) is 0 Å². The van der Waals surface area contributed by atoms with E-state index in [0.717, 1.165) is 23.0 Å². The molecule has 0 heterocycles. The fraction of sp³-hybridized carbons (Fsp3) is 0.0526. The molecule has 3 rings (SSSR count). The maximum absolute atomic E-state index is 2.24. The first-order valence-electron chi connectivity index (χ1n) is 6.77. The molecule has 0 aliphatic rings. The number of halogens is 6. The third-order valence-electron chi connectivity index (χ3n) is 3.69. The van der Waals surface area contributed by atoms with Crippen LogP contribution in [0, 0.1) is 0 Å². The standard InChI is InChI=1S/C19H15.6ClH.Sb.2H/c1-4-10-16(11-5-1)19(17-12-6-2-7-13-17)18-14-8-3-9-15-18;;;;;;;;;/h1-15H;6*1H;;;. The quantitative estimate of drug-likeness (QED) is 0.256. The minimum atomic E-state index is 0. The second-order valence-corrected chi connectivity index (χ2v) is 7.38. The van der Waals surface area contributed by atoms with Crippen LogP contribution in [0.15, 0.2) is 91.0 Å². The summed E-state index contributed by atoms with van der Waals surface area (Å²) in [5.74, 6) is 0. The Balaban J connectivity index is -0.000000403. The van der Waals surface area contributed by atoms with Crippen LogP contribution in [0.5, 0.6) is 0 Å². The molecule has 0 saturated carbocycles. The van der Waals surface area contributed by atoms with Crippen molar-refractivity contribution in [3.63, 3.8) is 0 Å². The Labute approximate surface area is 206 Å². The molecule has 0 atom stereocenters. The molecule has 0 aromatic heterocycles. The van der Waals surface area contributed by atoms with Crippen LogP contribution in [-0.4, -0.2) is 23.0 Å². The van der Waals surface area contributed by atoms with Gasteiger partial charge >= 0.3 is 134 Å². The van der Waals surface area contributed by atoms with E-state index in [0.29, 0.717) is 0 Å². The van der Waals surface area contributed by atoms with Crippen LogP contribution in [0.4, 0.5) is 0 Å². The van der Waals surface area contributed by atoms with Gasteiger partial charge in [0.15, 0.2) is 0 Å². The molecule has 0 nitrogen and oxygen atoms in total. The molecule has 0 saturated heterocycles. The van der Waals surface area contributed by atoms with Crippen LogP contribution >= 0.6 is 74.4 Å². The van der Waals surface area contributed by atoms with Gasteiger partial charge in [-0.25, -0.2) is 0 Å². The van der Waals surface area contributed by atoms with Crippen molar-refractivity contribution in [2.24, 2.45) is 0 Å². The normalized spacial score (nSPS) is 8.65. The number of benzene rings is 3. The van der Waals surface area contributed by atoms with Crippen LogP contribution in [0.2, 0.25) is 0 Å². The van der Waals surface area contributed by atoms with E-state index in [1.807, 2.05) is 0 Å². The van der Waals surface area contributed by atoms with Crippen molar-refractivity contribution in [3.8, 4) is 0 Å². The van der Waals surface area contributed by atoms with Crippen LogP contribution < -0.4 is 0 Å². The molecule has 26 heavy (non-hydrogen) atoms. The Kier molecular flexibility index (Phi) is 21.0. The van der Waals surface area contributed by atoms with Gasteiger partial charge in [0, 0.05) is 0 Å². The van der Waals surface area contributed by atoms with Crippen molar-refractivity contribution >= 4 is 97.5 Å². The summed E-state index contributed by atoms with van der Waals surface area (Å²) in [5, 5.41) is 0. The van der Waals surface area contributed by atoms with Crippen molar-refractivity contribution in [1.29, 1.82) is 0 Å². The first-order chi connectivity index (χ1) is 9.82. The van der Waals surface area contributed by atoms with E-state index in [1.165, 1.54) is 16.7 Å². The van der Waals surface area contributed by atoms with Crippen molar-refractivity contribution in [2.75, 3.05) is 0 Å². The zero-order chi connectivity index (χ0) is 13.8. The summed E-state index contributed by atoms with van der Waals surface area (Å²) in [5.41, 5.74) is 4.12. The fourth-order valence-corrected chi connectivity index (χ4v) is 4.25. The van der Waals surface area contributed by atoms with Gasteiger partial charge in [-0.05, 0) is 0 Å². The van der Waals surface area contributed by atoms with E-state index in [1.54, 1.807) is 0 Å². The zero-order valence-corrected chi connectivity index (χ0v) is 21.9. The fourth-order valence-electron chi connectivity index (χ4n) is 2.60. The van der Waals surface area contributed by atoms with E-state index >= 15 is 0 Å². The monoisotopic (exact) mass is 582 g/mol. The summed E-state index contributed by atoms with van der Waals surface area (Å²) in [6, 6.07) is 32.5. The molecule has 0 spiro atoms. The number of hydrogen-bond acceptors (Lipinski definition) is 0. The van der Waals surface area contributed by atoms with Gasteiger partial charge in [-0.1, -0.05) is 0 Å². The summed E-state index contributed by atoms with van der Waals surface area (Å²) >= 11 is 1.11. The molecule has 3 aromatic carbocycles. The van der Waals surface area contributed by atoms with Crippen molar-refractivity contribution in [1.82, 2.24) is 0 Å². The van der Waals surface area contributed by atoms with Crippen LogP contribution in [0.1, 0.15) is 16.7 Å². The predicted octanol–water partition coefficient (Wildman–Crippen LogP) is 6.14. The predicted molar refractivity (Wildman–Crippen MR) is 131 cm³/mol. The molecule has 3 aromatic rings. The molecule has 146 valence electrons. The Morgan fingerprint density at radius 2 is 0.577 bits per heavy atom. The molecule has 0 radical (unpaired) electrons. The van der Waals surface area contributed by atoms with Gasteiger partial charge in [-0.3, -0.25) is 0 Å². The van der Waals surface area contributed by atoms with Crippen molar-refractivity contribution < 1.29 is 0 Å². The van der Waals surface area contributed by atoms with E-state index < -0.39 is 0 Å². The summed E-state index contributed by atoms with van der Waals surface area (Å²) < 4.78 is 0.00875. The van der Waals surface area contributed by atoms with Gasteiger partial charge in [0.05, 0.1) is 0 Å². The van der Waals surface area contributed by atoms with Gasteiger partial charge < -0.3 is 0 Å². The zero-order valence-electron chi connectivity index (χ0n) is 13.7. The molecular weight excluding hydrogens is 563 g/mol. The van der Waals surface area contributed by atoms with Crippen molar-refractivity contribution in [3.05, 3.63) is 108 Å². The second-order valence-electron chi connectivity index (χ2n) is 4.91. The Morgan fingerprint density at radius 1 is 0.385 bits per heavy atom. The molecule has 0 aliphatic heterocycles. The van der Waals surface area contributed by atoms with Gasteiger partial charge in [-0.15, -0.1) is 74.4 Å². The third-order valence-corrected chi connectivity index (χ3v) is 6.54. The molecule has 0 fully saturated rings. The summed E-state index contributed by atoms with van der Waals surface area (Å²) in [6.45, 7) is 0. The minimum absolute atomic E-state index is 0. The molecular formula is C19H23Cl6Sb. The van der Waals surface area contributed by atoms with Crippen LogP contribution in [-0.2, 0) is 3.36 Å². The first-order valence-corrected chi connectivity index (χ1v) is 8.42. The third kappa shape index (κ3) is 7.32. The second kappa shape index (κ2) is 16.2. The van der Waals surface area contributed by atoms with Gasteiger partial charge in [-0.2, -0.15) is 0 Å². The summed E-state index contributed by atoms with van der Waals surface area (Å²) in [4.78, 5) is 0. The average Bonchev–Trinajstić information content (AvgIpc) is 2.56. The topological polar surface area (TPSA) is 0 Å². The molecule has 0 N–H and O–H groups in total. The Bertz CT molecular complexity index is 584. The first kappa shape index (κ1) is 33.8. The maximum atomic E-state index is 2.24. The van der Waals surface area contributed by atoms with Crippen LogP contribution in [0.3, 0.4) is 0 Å². The molecule has 0 bridgehead atoms. The summed E-state index contributed by atoms with van der Waals surface area (Å²) in [6.07, 6.45) is 0. The van der Waals surface area contributed by atoms with Gasteiger partial charge in [0.1, 0.15) is 0 Å². The van der Waals surface area contributed by atoms with E-state index in [9.17, 15) is 0 Å². The Hall–Kier alpha value is 0.218. The SMILES string of the molecule is Cl.Cl.Cl.Cl.Cl.Cl.[SbH2][C](c1ccccc1)(c1ccccc1)c1ccccc1. The average molecular weight is 586 g/mol. The van der Waals surface area contributed by atoms with Gasteiger partial charge in [0.25, 0.3) is 0 Å². The summed E-state index contributed by atoms with van der Waals surface area (Å²) in [7, 11) is 0.